The van der Waals surface area contributed by atoms with Gasteiger partial charge in [0.2, 0.25) is 0 Å². The second kappa shape index (κ2) is 8.49. The topological polar surface area (TPSA) is 82.6 Å². The number of sulfone groups is 1. The van der Waals surface area contributed by atoms with Gasteiger partial charge in [0.05, 0.1) is 16.2 Å². The molecule has 2 aromatic carbocycles. The molecule has 9 heteroatoms. The highest BCUT2D eigenvalue weighted by molar-refractivity contribution is 7.90. The van der Waals surface area contributed by atoms with Crippen LogP contribution in [0.15, 0.2) is 58.8 Å². The lowest BCUT2D eigenvalue weighted by Crippen LogP contribution is -2.11. The first-order valence-electron chi connectivity index (χ1n) is 8.11. The van der Waals surface area contributed by atoms with Gasteiger partial charge in [-0.1, -0.05) is 12.1 Å². The summed E-state index contributed by atoms with van der Waals surface area (Å²) in [5, 5.41) is 2.38. The highest BCUT2D eigenvalue weighted by Crippen LogP contribution is 2.19. The van der Waals surface area contributed by atoms with Crippen molar-refractivity contribution in [2.24, 2.45) is 0 Å². The van der Waals surface area contributed by atoms with Gasteiger partial charge in [-0.15, -0.1) is 11.3 Å². The van der Waals surface area contributed by atoms with Gasteiger partial charge < -0.3 is 9.47 Å². The number of nitrogens with zero attached hydrogens (tertiary/aromatic N) is 1. The molecule has 0 spiro atoms. The van der Waals surface area contributed by atoms with Crippen LogP contribution in [0.5, 0.6) is 5.75 Å². The smallest absolute Gasteiger partial charge is 0.339 e. The minimum absolute atomic E-state index is 0.0138. The van der Waals surface area contributed by atoms with Crippen LogP contribution in [0.3, 0.4) is 0 Å². The molecule has 0 atom stereocenters. The molecule has 0 amide bonds. The van der Waals surface area contributed by atoms with Gasteiger partial charge in [0, 0.05) is 11.6 Å². The third-order valence-corrected chi connectivity index (χ3v) is 5.66. The van der Waals surface area contributed by atoms with Crippen LogP contribution in [0, 0.1) is 5.82 Å². The molecule has 0 unspecified atom stereocenters. The summed E-state index contributed by atoms with van der Waals surface area (Å²) in [6.45, 7) is 0.102. The van der Waals surface area contributed by atoms with E-state index in [4.69, 9.17) is 9.47 Å². The monoisotopic (exact) mass is 421 g/mol. The number of halogens is 1. The molecule has 3 aromatic rings. The molecule has 0 N–H and O–H groups in total. The highest BCUT2D eigenvalue weighted by atomic mass is 32.2. The van der Waals surface area contributed by atoms with Crippen LogP contribution < -0.4 is 4.74 Å². The van der Waals surface area contributed by atoms with Gasteiger partial charge in [-0.3, -0.25) is 0 Å². The normalized spacial score (nSPS) is 11.2. The molecule has 146 valence electrons. The first-order valence-corrected chi connectivity index (χ1v) is 10.9. The van der Waals surface area contributed by atoms with E-state index in [0.717, 1.165) is 6.26 Å². The summed E-state index contributed by atoms with van der Waals surface area (Å²) < 4.78 is 47.2. The fourth-order valence-corrected chi connectivity index (χ4v) is 3.90. The second-order valence-electron chi connectivity index (χ2n) is 5.82. The Hall–Kier alpha value is -2.78. The molecule has 0 aliphatic carbocycles. The quantitative estimate of drug-likeness (QED) is 0.542. The fourth-order valence-electron chi connectivity index (χ4n) is 2.33. The summed E-state index contributed by atoms with van der Waals surface area (Å²) in [7, 11) is -3.55. The van der Waals surface area contributed by atoms with Crippen LogP contribution in [0.2, 0.25) is 0 Å². The van der Waals surface area contributed by atoms with Crippen molar-refractivity contribution in [2.75, 3.05) is 6.26 Å². The van der Waals surface area contributed by atoms with Crippen LogP contribution in [0.1, 0.15) is 21.1 Å². The van der Waals surface area contributed by atoms with E-state index in [-0.39, 0.29) is 29.5 Å². The fraction of sp³-hybridized carbons (Fsp3) is 0.158. The minimum atomic E-state index is -3.55. The molecule has 3 rings (SSSR count). The Morgan fingerprint density at radius 3 is 2.54 bits per heavy atom. The van der Waals surface area contributed by atoms with Gasteiger partial charge in [-0.2, -0.15) is 0 Å². The van der Waals surface area contributed by atoms with E-state index in [1.165, 1.54) is 47.7 Å². The summed E-state index contributed by atoms with van der Waals surface area (Å²) >= 11 is 1.33. The lowest BCUT2D eigenvalue weighted by atomic mass is 10.2. The number of hydrogen-bond donors (Lipinski definition) is 0. The van der Waals surface area contributed by atoms with Crippen LogP contribution in [0.4, 0.5) is 4.39 Å². The van der Waals surface area contributed by atoms with Crippen molar-refractivity contribution >= 4 is 27.1 Å². The maximum atomic E-state index is 12.9. The number of thiazole rings is 1. The Labute approximate surface area is 165 Å². The van der Waals surface area contributed by atoms with E-state index in [0.29, 0.717) is 16.5 Å². The largest absolute Gasteiger partial charge is 0.486 e. The molecule has 28 heavy (non-hydrogen) atoms. The molecule has 0 bridgehead atoms. The van der Waals surface area contributed by atoms with E-state index < -0.39 is 15.8 Å². The van der Waals surface area contributed by atoms with E-state index in [1.54, 1.807) is 17.5 Å². The van der Waals surface area contributed by atoms with E-state index >= 15 is 0 Å². The van der Waals surface area contributed by atoms with Gasteiger partial charge in [-0.05, 0) is 36.4 Å². The Morgan fingerprint density at radius 2 is 1.82 bits per heavy atom. The van der Waals surface area contributed by atoms with Crippen molar-refractivity contribution in [3.8, 4) is 5.75 Å². The lowest BCUT2D eigenvalue weighted by molar-refractivity contribution is 0.0463. The summed E-state index contributed by atoms with van der Waals surface area (Å²) in [5.74, 6) is -0.566. The van der Waals surface area contributed by atoms with Crippen molar-refractivity contribution in [1.82, 2.24) is 4.98 Å². The first kappa shape index (κ1) is 20.0. The number of hydrogen-bond acceptors (Lipinski definition) is 7. The zero-order valence-electron chi connectivity index (χ0n) is 14.8. The van der Waals surface area contributed by atoms with Crippen LogP contribution >= 0.6 is 11.3 Å². The van der Waals surface area contributed by atoms with Crippen molar-refractivity contribution in [3.63, 3.8) is 0 Å². The number of ether oxygens (including phenoxy) is 2. The molecular formula is C19H16FNO5S2. The number of esters is 1. The summed E-state index contributed by atoms with van der Waals surface area (Å²) in [5.41, 5.74) is 0.507. The lowest BCUT2D eigenvalue weighted by Gasteiger charge is -2.07. The third-order valence-electron chi connectivity index (χ3n) is 3.63. The summed E-state index contributed by atoms with van der Waals surface area (Å²) in [6.07, 6.45) is 1.03. The van der Waals surface area contributed by atoms with E-state index in [1.807, 2.05) is 0 Å². The van der Waals surface area contributed by atoms with E-state index in [2.05, 4.69) is 4.98 Å². The summed E-state index contributed by atoms with van der Waals surface area (Å²) in [6, 6.07) is 11.5. The van der Waals surface area contributed by atoms with Gasteiger partial charge in [-0.25, -0.2) is 22.6 Å². The second-order valence-corrected chi connectivity index (χ2v) is 8.75. The third kappa shape index (κ3) is 5.14. The number of carbonyl (C=O) groups is 1. The molecule has 0 fully saturated rings. The average molecular weight is 421 g/mol. The van der Waals surface area contributed by atoms with Crippen LogP contribution in [-0.2, 0) is 27.8 Å². The van der Waals surface area contributed by atoms with Crippen molar-refractivity contribution < 1.29 is 27.1 Å². The highest BCUT2D eigenvalue weighted by Gasteiger charge is 2.19. The first-order chi connectivity index (χ1) is 13.3. The molecule has 0 aliphatic rings. The molecule has 0 saturated heterocycles. The average Bonchev–Trinajstić information content (AvgIpc) is 3.13. The van der Waals surface area contributed by atoms with Gasteiger partial charge >= 0.3 is 5.97 Å². The Bertz CT molecular complexity index is 1080. The number of carbonyl (C=O) groups excluding carboxylic acids is 1. The minimum Gasteiger partial charge on any atom is -0.486 e. The molecule has 0 saturated carbocycles. The molecule has 1 aromatic heterocycles. The molecular weight excluding hydrogens is 405 g/mol. The number of aromatic nitrogens is 1. The standard InChI is InChI=1S/C19H16FNO5S2/c1-28(23,24)17-5-3-2-4-16(17)19(22)26-10-14-12-27-18(21-14)11-25-15-8-6-13(20)7-9-15/h2-9,12H,10-11H2,1H3. The number of rotatable bonds is 7. The van der Waals surface area contributed by atoms with Crippen molar-refractivity contribution in [3.05, 3.63) is 76.0 Å². The number of benzene rings is 2. The van der Waals surface area contributed by atoms with Gasteiger partial charge in [0.15, 0.2) is 9.84 Å². The molecule has 6 nitrogen and oxygen atoms in total. The molecule has 1 heterocycles. The maximum absolute atomic E-state index is 12.9. The Morgan fingerprint density at radius 1 is 1.11 bits per heavy atom. The van der Waals surface area contributed by atoms with Gasteiger partial charge in [0.1, 0.15) is 29.8 Å². The van der Waals surface area contributed by atoms with Gasteiger partial charge in [0.25, 0.3) is 0 Å². The molecule has 0 aliphatic heterocycles. The Balaban J connectivity index is 1.59. The van der Waals surface area contributed by atoms with Crippen LogP contribution in [0.25, 0.3) is 0 Å². The van der Waals surface area contributed by atoms with Crippen molar-refractivity contribution in [1.29, 1.82) is 0 Å². The van der Waals surface area contributed by atoms with Crippen LogP contribution in [-0.4, -0.2) is 25.6 Å². The Kier molecular flexibility index (Phi) is 6.05. The SMILES string of the molecule is CS(=O)(=O)c1ccccc1C(=O)OCc1csc(COc2ccc(F)cc2)n1. The maximum Gasteiger partial charge on any atom is 0.339 e. The summed E-state index contributed by atoms with van der Waals surface area (Å²) in [4.78, 5) is 16.5. The zero-order valence-corrected chi connectivity index (χ0v) is 16.4. The predicted molar refractivity (Wildman–Crippen MR) is 102 cm³/mol. The molecule has 0 radical (unpaired) electrons. The van der Waals surface area contributed by atoms with Crippen molar-refractivity contribution in [2.45, 2.75) is 18.1 Å². The zero-order chi connectivity index (χ0) is 20.1. The predicted octanol–water partition coefficient (Wildman–Crippen LogP) is 3.62. The van der Waals surface area contributed by atoms with E-state index in [9.17, 15) is 17.6 Å².